The van der Waals surface area contributed by atoms with Crippen molar-refractivity contribution in [1.29, 1.82) is 0 Å². The van der Waals surface area contributed by atoms with Gasteiger partial charge in [0.15, 0.2) is 0 Å². The van der Waals surface area contributed by atoms with E-state index in [2.05, 4.69) is 71.3 Å². The molecule has 3 heteroatoms. The number of ether oxygens (including phenoxy) is 1. The molecule has 0 spiro atoms. The van der Waals surface area contributed by atoms with Gasteiger partial charge in [0.1, 0.15) is 18.5 Å². The first-order valence-electron chi connectivity index (χ1n) is 9.18. The summed E-state index contributed by atoms with van der Waals surface area (Å²) in [5.41, 5.74) is 4.62. The van der Waals surface area contributed by atoms with Crippen molar-refractivity contribution in [3.8, 4) is 5.75 Å². The molecule has 0 radical (unpaired) electrons. The Morgan fingerprint density at radius 2 is 1.41 bits per heavy atom. The third kappa shape index (κ3) is 3.08. The first kappa shape index (κ1) is 15.8. The molecule has 4 aromatic carbocycles. The summed E-state index contributed by atoms with van der Waals surface area (Å²) < 4.78 is 6.00. The van der Waals surface area contributed by atoms with Crippen LogP contribution in [0.2, 0.25) is 0 Å². The molecule has 0 aromatic heterocycles. The standard InChI is InChI=1S/C24H20N2O/c1-2-7-17(8-3-1)16-27-20-12-4-11-19(15-20)24-25-21-13-5-9-18-10-6-14-22(26-24)23(18)21/h1-15,24-26H,16H2. The lowest BCUT2D eigenvalue weighted by Crippen LogP contribution is -2.23. The normalized spacial score (nSPS) is 13.0. The van der Waals surface area contributed by atoms with Gasteiger partial charge in [0, 0.05) is 16.8 Å². The smallest absolute Gasteiger partial charge is 0.123 e. The van der Waals surface area contributed by atoms with Crippen LogP contribution in [0.4, 0.5) is 11.4 Å². The van der Waals surface area contributed by atoms with Gasteiger partial charge >= 0.3 is 0 Å². The molecule has 0 saturated heterocycles. The SMILES string of the molecule is c1ccc(COc2cccc(C3Nc4cccc5cccc(c45)N3)c2)cc1. The van der Waals surface area contributed by atoms with Crippen molar-refractivity contribution in [3.63, 3.8) is 0 Å². The second-order valence-electron chi connectivity index (χ2n) is 6.78. The lowest BCUT2D eigenvalue weighted by Gasteiger charge is -2.30. The van der Waals surface area contributed by atoms with Crippen LogP contribution in [0, 0.1) is 0 Å². The summed E-state index contributed by atoms with van der Waals surface area (Å²) in [6, 6.07) is 31.2. The van der Waals surface area contributed by atoms with Crippen molar-refractivity contribution in [2.75, 3.05) is 10.6 Å². The maximum Gasteiger partial charge on any atom is 0.123 e. The van der Waals surface area contributed by atoms with Gasteiger partial charge in [-0.3, -0.25) is 0 Å². The van der Waals surface area contributed by atoms with E-state index in [9.17, 15) is 0 Å². The van der Waals surface area contributed by atoms with Gasteiger partial charge in [-0.2, -0.15) is 0 Å². The summed E-state index contributed by atoms with van der Waals surface area (Å²) in [7, 11) is 0. The van der Waals surface area contributed by atoms with E-state index in [1.54, 1.807) is 0 Å². The molecule has 1 heterocycles. The van der Waals surface area contributed by atoms with E-state index in [0.29, 0.717) is 6.61 Å². The van der Waals surface area contributed by atoms with Crippen molar-refractivity contribution < 1.29 is 4.74 Å². The molecule has 0 atom stereocenters. The van der Waals surface area contributed by atoms with Crippen molar-refractivity contribution >= 4 is 22.1 Å². The zero-order valence-corrected chi connectivity index (χ0v) is 14.9. The monoisotopic (exact) mass is 352 g/mol. The number of hydrogen-bond acceptors (Lipinski definition) is 3. The van der Waals surface area contributed by atoms with Crippen molar-refractivity contribution in [1.82, 2.24) is 0 Å². The fraction of sp³-hybridized carbons (Fsp3) is 0.0833. The van der Waals surface area contributed by atoms with Crippen LogP contribution in [0.15, 0.2) is 91.0 Å². The van der Waals surface area contributed by atoms with Crippen molar-refractivity contribution in [2.45, 2.75) is 12.8 Å². The molecule has 132 valence electrons. The van der Waals surface area contributed by atoms with Crippen LogP contribution < -0.4 is 15.4 Å². The van der Waals surface area contributed by atoms with Crippen molar-refractivity contribution in [2.24, 2.45) is 0 Å². The largest absolute Gasteiger partial charge is 0.489 e. The fourth-order valence-electron chi connectivity index (χ4n) is 3.62. The van der Waals surface area contributed by atoms with Crippen molar-refractivity contribution in [3.05, 3.63) is 102 Å². The zero-order valence-electron chi connectivity index (χ0n) is 14.9. The Morgan fingerprint density at radius 3 is 2.15 bits per heavy atom. The average Bonchev–Trinajstić information content (AvgIpc) is 2.74. The summed E-state index contributed by atoms with van der Waals surface area (Å²) in [5.74, 6) is 0.872. The highest BCUT2D eigenvalue weighted by Crippen LogP contribution is 2.38. The van der Waals surface area contributed by atoms with E-state index in [1.165, 1.54) is 10.8 Å². The molecule has 0 amide bonds. The molecule has 3 nitrogen and oxygen atoms in total. The fourth-order valence-corrected chi connectivity index (χ4v) is 3.62. The molecule has 1 aliphatic heterocycles. The molecule has 4 aromatic rings. The number of benzene rings is 4. The first-order valence-corrected chi connectivity index (χ1v) is 9.18. The van der Waals surface area contributed by atoms with E-state index in [4.69, 9.17) is 4.74 Å². The minimum absolute atomic E-state index is 0.00535. The summed E-state index contributed by atoms with van der Waals surface area (Å²) in [5, 5.41) is 9.71. The Labute approximate surface area is 158 Å². The lowest BCUT2D eigenvalue weighted by molar-refractivity contribution is 0.306. The van der Waals surface area contributed by atoms with Crippen LogP contribution in [0.5, 0.6) is 5.75 Å². The van der Waals surface area contributed by atoms with Gasteiger partial charge < -0.3 is 15.4 Å². The van der Waals surface area contributed by atoms with E-state index in [0.717, 1.165) is 28.3 Å². The number of anilines is 2. The van der Waals surface area contributed by atoms with Crippen LogP contribution in [0.1, 0.15) is 17.3 Å². The molecule has 0 fully saturated rings. The van der Waals surface area contributed by atoms with E-state index >= 15 is 0 Å². The summed E-state index contributed by atoms with van der Waals surface area (Å²) in [6.07, 6.45) is 0.00535. The van der Waals surface area contributed by atoms with E-state index < -0.39 is 0 Å². The molecular weight excluding hydrogens is 332 g/mol. The average molecular weight is 352 g/mol. The lowest BCUT2D eigenvalue weighted by atomic mass is 10.0. The molecule has 1 aliphatic rings. The maximum atomic E-state index is 6.00. The Balaban J connectivity index is 1.39. The summed E-state index contributed by atoms with van der Waals surface area (Å²) in [4.78, 5) is 0. The molecule has 2 N–H and O–H groups in total. The Bertz CT molecular complexity index is 1050. The number of nitrogens with one attached hydrogen (secondary N) is 2. The van der Waals surface area contributed by atoms with Gasteiger partial charge in [-0.05, 0) is 40.8 Å². The van der Waals surface area contributed by atoms with E-state index in [-0.39, 0.29) is 6.17 Å². The van der Waals surface area contributed by atoms with Crippen LogP contribution in [0.25, 0.3) is 10.8 Å². The summed E-state index contributed by atoms with van der Waals surface area (Å²) >= 11 is 0. The predicted molar refractivity (Wildman–Crippen MR) is 111 cm³/mol. The van der Waals surface area contributed by atoms with Crippen LogP contribution in [0.3, 0.4) is 0 Å². The topological polar surface area (TPSA) is 33.3 Å². The van der Waals surface area contributed by atoms with Gasteiger partial charge in [-0.25, -0.2) is 0 Å². The van der Waals surface area contributed by atoms with Crippen LogP contribution in [-0.2, 0) is 6.61 Å². The second-order valence-corrected chi connectivity index (χ2v) is 6.78. The highest BCUT2D eigenvalue weighted by molar-refractivity contribution is 6.04. The third-order valence-corrected chi connectivity index (χ3v) is 4.94. The minimum Gasteiger partial charge on any atom is -0.489 e. The quantitative estimate of drug-likeness (QED) is 0.476. The molecule has 0 bridgehead atoms. The van der Waals surface area contributed by atoms with Gasteiger partial charge in [0.2, 0.25) is 0 Å². The van der Waals surface area contributed by atoms with Gasteiger partial charge in [0.25, 0.3) is 0 Å². The highest BCUT2D eigenvalue weighted by atomic mass is 16.5. The van der Waals surface area contributed by atoms with Gasteiger partial charge in [0.05, 0.1) is 0 Å². The Kier molecular flexibility index (Phi) is 3.91. The molecule has 0 unspecified atom stereocenters. The molecule has 0 saturated carbocycles. The summed E-state index contributed by atoms with van der Waals surface area (Å²) in [6.45, 7) is 0.567. The molecule has 5 rings (SSSR count). The van der Waals surface area contributed by atoms with Crippen LogP contribution in [-0.4, -0.2) is 0 Å². The molecule has 0 aliphatic carbocycles. The van der Waals surface area contributed by atoms with E-state index in [1.807, 2.05) is 30.3 Å². The third-order valence-electron chi connectivity index (χ3n) is 4.94. The Morgan fingerprint density at radius 1 is 0.704 bits per heavy atom. The maximum absolute atomic E-state index is 6.00. The predicted octanol–water partition coefficient (Wildman–Crippen LogP) is 5.96. The van der Waals surface area contributed by atoms with Gasteiger partial charge in [-0.1, -0.05) is 66.7 Å². The molecular formula is C24H20N2O. The Hall–Kier alpha value is -3.46. The minimum atomic E-state index is 0.00535. The first-order chi connectivity index (χ1) is 13.4. The zero-order chi connectivity index (χ0) is 18.1. The van der Waals surface area contributed by atoms with Gasteiger partial charge in [-0.15, -0.1) is 0 Å². The molecule has 27 heavy (non-hydrogen) atoms. The second kappa shape index (κ2) is 6.69. The number of hydrogen-bond donors (Lipinski definition) is 2. The highest BCUT2D eigenvalue weighted by Gasteiger charge is 2.20. The number of rotatable bonds is 4. The van der Waals surface area contributed by atoms with Crippen LogP contribution >= 0.6 is 0 Å².